The van der Waals surface area contributed by atoms with Gasteiger partial charge in [0.25, 0.3) is 5.91 Å². The number of carbonyl (C=O) groups excluding carboxylic acids is 1. The van der Waals surface area contributed by atoms with Gasteiger partial charge in [0.1, 0.15) is 5.15 Å². The van der Waals surface area contributed by atoms with Gasteiger partial charge in [-0.25, -0.2) is 4.98 Å². The van der Waals surface area contributed by atoms with Gasteiger partial charge in [-0.15, -0.1) is 0 Å². The van der Waals surface area contributed by atoms with Crippen LogP contribution < -0.4 is 5.32 Å². The van der Waals surface area contributed by atoms with Crippen LogP contribution in [0.2, 0.25) is 5.15 Å². The Balaban J connectivity index is 2.65. The van der Waals surface area contributed by atoms with E-state index in [9.17, 15) is 4.79 Å². The number of carbonyl (C=O) groups is 1. The Labute approximate surface area is 88.5 Å². The fourth-order valence-corrected chi connectivity index (χ4v) is 1.03. The van der Waals surface area contributed by atoms with Crippen LogP contribution in [0.15, 0.2) is 18.3 Å². The summed E-state index contributed by atoms with van der Waals surface area (Å²) in [7, 11) is 0. The van der Waals surface area contributed by atoms with Crippen molar-refractivity contribution < 1.29 is 4.79 Å². The molecule has 0 radical (unpaired) electrons. The Morgan fingerprint density at radius 1 is 1.64 bits per heavy atom. The molecule has 1 rings (SSSR count). The van der Waals surface area contributed by atoms with Crippen LogP contribution in [0.5, 0.6) is 0 Å². The number of amides is 1. The molecular weight excluding hydrogens is 200 g/mol. The van der Waals surface area contributed by atoms with Crippen LogP contribution in [-0.4, -0.2) is 16.9 Å². The van der Waals surface area contributed by atoms with Gasteiger partial charge in [-0.3, -0.25) is 4.79 Å². The fourth-order valence-electron chi connectivity index (χ4n) is 0.919. The fraction of sp³-hybridized carbons (Fsp3) is 0.400. The van der Waals surface area contributed by atoms with Crippen LogP contribution in [0.3, 0.4) is 0 Å². The summed E-state index contributed by atoms with van der Waals surface area (Å²) < 4.78 is 0. The van der Waals surface area contributed by atoms with E-state index in [-0.39, 0.29) is 11.9 Å². The van der Waals surface area contributed by atoms with Crippen molar-refractivity contribution in [3.8, 4) is 0 Å². The molecule has 0 aliphatic heterocycles. The second-order valence-electron chi connectivity index (χ2n) is 3.15. The van der Waals surface area contributed by atoms with Crippen LogP contribution in [-0.2, 0) is 0 Å². The van der Waals surface area contributed by atoms with Gasteiger partial charge in [0, 0.05) is 12.2 Å². The highest BCUT2D eigenvalue weighted by Gasteiger charge is 2.07. The molecule has 0 bridgehead atoms. The molecule has 1 aromatic rings. The summed E-state index contributed by atoms with van der Waals surface area (Å²) in [6, 6.07) is 3.44. The van der Waals surface area contributed by atoms with Gasteiger partial charge in [0.15, 0.2) is 0 Å². The highest BCUT2D eigenvalue weighted by Crippen LogP contribution is 2.05. The average molecular weight is 213 g/mol. The zero-order valence-electron chi connectivity index (χ0n) is 8.25. The minimum atomic E-state index is -0.108. The van der Waals surface area contributed by atoms with Gasteiger partial charge in [0.05, 0.1) is 5.56 Å². The first-order valence-corrected chi connectivity index (χ1v) is 4.93. The highest BCUT2D eigenvalue weighted by molar-refractivity contribution is 6.29. The summed E-state index contributed by atoms with van der Waals surface area (Å²) in [4.78, 5) is 15.4. The molecule has 1 amide bonds. The lowest BCUT2D eigenvalue weighted by Crippen LogP contribution is -2.31. The van der Waals surface area contributed by atoms with E-state index in [1.165, 1.54) is 6.20 Å². The number of aromatic nitrogens is 1. The molecule has 3 nitrogen and oxygen atoms in total. The molecule has 0 unspecified atom stereocenters. The lowest BCUT2D eigenvalue weighted by Gasteiger charge is -2.10. The van der Waals surface area contributed by atoms with Gasteiger partial charge in [-0.1, -0.05) is 18.5 Å². The first-order chi connectivity index (χ1) is 6.63. The van der Waals surface area contributed by atoms with Crippen molar-refractivity contribution in [1.29, 1.82) is 0 Å². The minimum Gasteiger partial charge on any atom is -0.350 e. The van der Waals surface area contributed by atoms with E-state index >= 15 is 0 Å². The molecule has 0 aromatic carbocycles. The molecule has 0 saturated carbocycles. The first kappa shape index (κ1) is 11.0. The molecule has 1 atom stereocenters. The molecule has 0 spiro atoms. The van der Waals surface area contributed by atoms with Gasteiger partial charge in [-0.2, -0.15) is 0 Å². The predicted molar refractivity (Wildman–Crippen MR) is 56.5 cm³/mol. The summed E-state index contributed by atoms with van der Waals surface area (Å²) in [6.07, 6.45) is 2.38. The van der Waals surface area contributed by atoms with E-state index < -0.39 is 0 Å². The molecule has 1 heterocycles. The van der Waals surface area contributed by atoms with E-state index in [0.29, 0.717) is 10.7 Å². The minimum absolute atomic E-state index is 0.108. The SMILES string of the molecule is CC[C@H](C)NC(=O)c1ccc(Cl)nc1. The maximum Gasteiger partial charge on any atom is 0.253 e. The monoisotopic (exact) mass is 212 g/mol. The number of nitrogens with zero attached hydrogens (tertiary/aromatic N) is 1. The molecule has 76 valence electrons. The Bertz CT molecular complexity index is 310. The summed E-state index contributed by atoms with van der Waals surface area (Å²) in [5.41, 5.74) is 0.537. The molecule has 1 aromatic heterocycles. The zero-order valence-corrected chi connectivity index (χ0v) is 9.01. The van der Waals surface area contributed by atoms with E-state index in [4.69, 9.17) is 11.6 Å². The van der Waals surface area contributed by atoms with Gasteiger partial charge in [-0.05, 0) is 25.5 Å². The van der Waals surface area contributed by atoms with E-state index in [1.54, 1.807) is 12.1 Å². The number of hydrogen-bond acceptors (Lipinski definition) is 2. The van der Waals surface area contributed by atoms with Crippen LogP contribution in [0.25, 0.3) is 0 Å². The second-order valence-corrected chi connectivity index (χ2v) is 3.54. The number of nitrogens with one attached hydrogen (secondary N) is 1. The normalized spacial score (nSPS) is 12.2. The zero-order chi connectivity index (χ0) is 10.6. The Morgan fingerprint density at radius 2 is 2.36 bits per heavy atom. The van der Waals surface area contributed by atoms with Crippen LogP contribution in [0, 0.1) is 0 Å². The standard InChI is InChI=1S/C10H13ClN2O/c1-3-7(2)13-10(14)8-4-5-9(11)12-6-8/h4-7H,3H2,1-2H3,(H,13,14)/t7-/m0/s1. The largest absolute Gasteiger partial charge is 0.350 e. The van der Waals surface area contributed by atoms with Crippen molar-refractivity contribution in [3.63, 3.8) is 0 Å². The molecule has 0 aliphatic rings. The quantitative estimate of drug-likeness (QED) is 0.781. The lowest BCUT2D eigenvalue weighted by molar-refractivity contribution is 0.0939. The number of halogens is 1. The van der Waals surface area contributed by atoms with Gasteiger partial charge >= 0.3 is 0 Å². The number of pyridine rings is 1. The van der Waals surface area contributed by atoms with E-state index in [0.717, 1.165) is 6.42 Å². The molecule has 4 heteroatoms. The van der Waals surface area contributed by atoms with E-state index in [1.807, 2.05) is 13.8 Å². The van der Waals surface area contributed by atoms with Crippen LogP contribution in [0.1, 0.15) is 30.6 Å². The Hall–Kier alpha value is -1.09. The van der Waals surface area contributed by atoms with Crippen molar-refractivity contribution in [1.82, 2.24) is 10.3 Å². The Kier molecular flexibility index (Phi) is 3.89. The van der Waals surface area contributed by atoms with Crippen molar-refractivity contribution >= 4 is 17.5 Å². The maximum absolute atomic E-state index is 11.5. The molecule has 0 saturated heterocycles. The summed E-state index contributed by atoms with van der Waals surface area (Å²) in [6.45, 7) is 3.98. The summed E-state index contributed by atoms with van der Waals surface area (Å²) in [5.74, 6) is -0.108. The smallest absolute Gasteiger partial charge is 0.253 e. The van der Waals surface area contributed by atoms with Gasteiger partial charge < -0.3 is 5.32 Å². The predicted octanol–water partition coefficient (Wildman–Crippen LogP) is 2.26. The lowest BCUT2D eigenvalue weighted by atomic mass is 10.2. The van der Waals surface area contributed by atoms with Gasteiger partial charge in [0.2, 0.25) is 0 Å². The van der Waals surface area contributed by atoms with Crippen LogP contribution >= 0.6 is 11.6 Å². The molecule has 0 fully saturated rings. The van der Waals surface area contributed by atoms with Crippen molar-refractivity contribution in [2.24, 2.45) is 0 Å². The second kappa shape index (κ2) is 4.96. The topological polar surface area (TPSA) is 42.0 Å². The molecule has 1 N–H and O–H groups in total. The summed E-state index contributed by atoms with van der Waals surface area (Å²) in [5, 5.41) is 3.24. The third-order valence-electron chi connectivity index (χ3n) is 1.98. The third kappa shape index (κ3) is 3.00. The number of hydrogen-bond donors (Lipinski definition) is 1. The average Bonchev–Trinajstić information content (AvgIpc) is 2.18. The molecule has 14 heavy (non-hydrogen) atoms. The van der Waals surface area contributed by atoms with E-state index in [2.05, 4.69) is 10.3 Å². The Morgan fingerprint density at radius 3 is 2.86 bits per heavy atom. The van der Waals surface area contributed by atoms with Crippen molar-refractivity contribution in [3.05, 3.63) is 29.0 Å². The highest BCUT2D eigenvalue weighted by atomic mass is 35.5. The first-order valence-electron chi connectivity index (χ1n) is 4.56. The number of rotatable bonds is 3. The molecular formula is C10H13ClN2O. The third-order valence-corrected chi connectivity index (χ3v) is 2.20. The molecule has 0 aliphatic carbocycles. The van der Waals surface area contributed by atoms with Crippen molar-refractivity contribution in [2.45, 2.75) is 26.3 Å². The maximum atomic E-state index is 11.5. The van der Waals surface area contributed by atoms with Crippen LogP contribution in [0.4, 0.5) is 0 Å². The van der Waals surface area contributed by atoms with Crippen molar-refractivity contribution in [2.75, 3.05) is 0 Å². The summed E-state index contributed by atoms with van der Waals surface area (Å²) >= 11 is 5.61.